The van der Waals surface area contributed by atoms with E-state index in [0.29, 0.717) is 12.8 Å². The van der Waals surface area contributed by atoms with E-state index in [9.17, 15) is 35.1 Å². The minimum absolute atomic E-state index is 0.0105. The van der Waals surface area contributed by atoms with E-state index in [0.717, 1.165) is 44.9 Å². The van der Waals surface area contributed by atoms with Gasteiger partial charge in [0.1, 0.15) is 24.4 Å². The first-order valence-corrected chi connectivity index (χ1v) is 27.1. The average Bonchev–Trinajstić information content (AvgIpc) is 3.32. The molecule has 0 aromatic heterocycles. The highest BCUT2D eigenvalue weighted by molar-refractivity contribution is 5.81. The normalized spacial score (nSPS) is 20.5. The summed E-state index contributed by atoms with van der Waals surface area (Å²) < 4.78 is 17.4. The summed E-state index contributed by atoms with van der Waals surface area (Å²) in [6, 6.07) is -1.06. The lowest BCUT2D eigenvalue weighted by molar-refractivity contribution is -0.305. The van der Waals surface area contributed by atoms with Gasteiger partial charge in [0, 0.05) is 12.8 Å². The molecular weight excluding hydrogens is 847 g/mol. The Morgan fingerprint density at radius 1 is 0.582 bits per heavy atom. The lowest BCUT2D eigenvalue weighted by atomic mass is 9.99. The van der Waals surface area contributed by atoms with Crippen molar-refractivity contribution in [1.82, 2.24) is 5.32 Å². The molecule has 0 radical (unpaired) electrons. The topological polar surface area (TPSA) is 175 Å². The zero-order valence-corrected chi connectivity index (χ0v) is 42.5. The first-order chi connectivity index (χ1) is 32.7. The molecule has 1 rings (SSSR count). The van der Waals surface area contributed by atoms with Gasteiger partial charge in [-0.25, -0.2) is 0 Å². The Kier molecular flexibility index (Phi) is 41.5. The number of unbranched alkanes of at least 4 members (excludes halogenated alkanes) is 23. The van der Waals surface area contributed by atoms with Crippen LogP contribution >= 0.6 is 0 Å². The van der Waals surface area contributed by atoms with Gasteiger partial charge in [-0.3, -0.25) is 9.59 Å². The quantitative estimate of drug-likeness (QED) is 0.0196. The molecule has 0 aliphatic carbocycles. The number of allylic oxidation sites excluding steroid dienone is 8. The number of hydrogen-bond donors (Lipinski definition) is 6. The first kappa shape index (κ1) is 62.4. The number of hydrogen-bond acceptors (Lipinski definition) is 10. The van der Waals surface area contributed by atoms with Gasteiger partial charge in [0.05, 0.1) is 25.4 Å². The molecule has 0 bridgehead atoms. The molecule has 67 heavy (non-hydrogen) atoms. The Morgan fingerprint density at radius 2 is 1.03 bits per heavy atom. The van der Waals surface area contributed by atoms with Crippen LogP contribution in [0.2, 0.25) is 0 Å². The van der Waals surface area contributed by atoms with Gasteiger partial charge < -0.3 is 45.1 Å². The number of aliphatic hydroxyl groups is 5. The summed E-state index contributed by atoms with van der Waals surface area (Å²) in [5, 5.41) is 56.5. The van der Waals surface area contributed by atoms with Crippen LogP contribution in [0.5, 0.6) is 0 Å². The maximum absolute atomic E-state index is 13.3. The van der Waals surface area contributed by atoms with Crippen molar-refractivity contribution < 1.29 is 49.3 Å². The molecule has 6 N–H and O–H groups in total. The van der Waals surface area contributed by atoms with E-state index < -0.39 is 67.4 Å². The fourth-order valence-electron chi connectivity index (χ4n) is 8.04. The Morgan fingerprint density at radius 3 is 1.52 bits per heavy atom. The Labute approximate surface area is 408 Å². The lowest BCUT2D eigenvalue weighted by Crippen LogP contribution is -2.61. The van der Waals surface area contributed by atoms with Crippen molar-refractivity contribution in [2.24, 2.45) is 0 Å². The third-order valence-corrected chi connectivity index (χ3v) is 12.4. The van der Waals surface area contributed by atoms with Gasteiger partial charge in [-0.15, -0.1) is 0 Å². The predicted molar refractivity (Wildman–Crippen MR) is 273 cm³/mol. The molecule has 388 valence electrons. The van der Waals surface area contributed by atoms with Crippen LogP contribution in [0, 0.1) is 0 Å². The smallest absolute Gasteiger partial charge is 0.306 e. The molecule has 1 heterocycles. The molecule has 8 atom stereocenters. The van der Waals surface area contributed by atoms with Gasteiger partial charge in [0.15, 0.2) is 12.4 Å². The zero-order chi connectivity index (χ0) is 49.0. The molecule has 0 aromatic rings. The molecule has 1 aliphatic rings. The predicted octanol–water partition coefficient (Wildman–Crippen LogP) is 11.5. The molecular formula is C56H99NO10. The van der Waals surface area contributed by atoms with Crippen LogP contribution in [-0.2, 0) is 23.8 Å². The number of aliphatic hydroxyl groups excluding tert-OH is 5. The number of esters is 1. The van der Waals surface area contributed by atoms with Gasteiger partial charge in [0.25, 0.3) is 0 Å². The van der Waals surface area contributed by atoms with E-state index >= 15 is 0 Å². The van der Waals surface area contributed by atoms with Crippen LogP contribution in [0.25, 0.3) is 0 Å². The minimum Gasteiger partial charge on any atom is -0.454 e. The van der Waals surface area contributed by atoms with Crippen molar-refractivity contribution >= 4 is 11.9 Å². The van der Waals surface area contributed by atoms with Crippen molar-refractivity contribution in [2.45, 2.75) is 269 Å². The molecule has 1 fully saturated rings. The maximum Gasteiger partial charge on any atom is 0.306 e. The first-order valence-electron chi connectivity index (χ1n) is 27.1. The summed E-state index contributed by atoms with van der Waals surface area (Å²) in [5.74, 6) is -1.34. The summed E-state index contributed by atoms with van der Waals surface area (Å²) in [5.41, 5.74) is 0. The molecule has 1 amide bonds. The van der Waals surface area contributed by atoms with Crippen LogP contribution in [0.4, 0.5) is 0 Å². The third kappa shape index (κ3) is 33.5. The zero-order valence-electron chi connectivity index (χ0n) is 42.5. The highest BCUT2D eigenvalue weighted by Crippen LogP contribution is 2.26. The summed E-state index contributed by atoms with van der Waals surface area (Å²) in [6.07, 6.45) is 43.1. The summed E-state index contributed by atoms with van der Waals surface area (Å²) >= 11 is 0. The molecule has 0 saturated carbocycles. The van der Waals surface area contributed by atoms with E-state index in [4.69, 9.17) is 14.2 Å². The standard InChI is InChI=1S/C56H99NO10/c1-4-7-10-13-16-19-22-25-28-30-33-36-39-42-48(59)47(57-55(64)49(60)43-40-37-34-31-27-24-21-18-15-12-9-6-3)46-65-56-54(53(63)52(62)50(45-58)66-56)67-51(61)44-41-38-35-32-29-26-23-20-17-14-11-8-5-2/h26-27,29,31,35,37-40,42,47-50,52-54,56,58-60,62-63H,4-25,28,30,32-34,36,41,43-46H2,1-3H3,(H,57,64)/b29-26-,31-27-,38-35+,40-37+,42-39+. The summed E-state index contributed by atoms with van der Waals surface area (Å²) in [6.45, 7) is 5.67. The molecule has 11 nitrogen and oxygen atoms in total. The minimum atomic E-state index is -1.64. The van der Waals surface area contributed by atoms with Crippen LogP contribution in [0.3, 0.4) is 0 Å². The van der Waals surface area contributed by atoms with E-state index in [-0.39, 0.29) is 19.4 Å². The van der Waals surface area contributed by atoms with Crippen molar-refractivity contribution in [1.29, 1.82) is 0 Å². The Hall–Kier alpha value is -2.64. The van der Waals surface area contributed by atoms with E-state index in [1.165, 1.54) is 128 Å². The number of carbonyl (C=O) groups excluding carboxylic acids is 2. The van der Waals surface area contributed by atoms with Crippen molar-refractivity contribution in [3.05, 3.63) is 60.8 Å². The average molecular weight is 946 g/mol. The number of ether oxygens (including phenoxy) is 3. The monoisotopic (exact) mass is 946 g/mol. The second-order valence-corrected chi connectivity index (χ2v) is 18.6. The number of nitrogens with one attached hydrogen (secondary N) is 1. The van der Waals surface area contributed by atoms with Crippen molar-refractivity contribution in [3.8, 4) is 0 Å². The molecule has 8 unspecified atom stereocenters. The third-order valence-electron chi connectivity index (χ3n) is 12.4. The van der Waals surface area contributed by atoms with Gasteiger partial charge in [0.2, 0.25) is 5.91 Å². The highest BCUT2D eigenvalue weighted by atomic mass is 16.7. The van der Waals surface area contributed by atoms with Crippen molar-refractivity contribution in [3.63, 3.8) is 0 Å². The molecule has 0 spiro atoms. The molecule has 11 heteroatoms. The second kappa shape index (κ2) is 44.6. The van der Waals surface area contributed by atoms with Crippen LogP contribution in [0.1, 0.15) is 220 Å². The highest BCUT2D eigenvalue weighted by Gasteiger charge is 2.47. The van der Waals surface area contributed by atoms with Gasteiger partial charge in [-0.05, 0) is 57.8 Å². The molecule has 0 aromatic carbocycles. The second-order valence-electron chi connectivity index (χ2n) is 18.6. The number of rotatable bonds is 44. The van der Waals surface area contributed by atoms with Crippen LogP contribution in [0.15, 0.2) is 60.8 Å². The lowest BCUT2D eigenvalue weighted by Gasteiger charge is -2.41. The number of carbonyl (C=O) groups is 2. The molecule has 1 aliphatic heterocycles. The fraction of sp³-hybridized carbons (Fsp3) is 0.786. The van der Waals surface area contributed by atoms with Crippen LogP contribution < -0.4 is 5.32 Å². The van der Waals surface area contributed by atoms with E-state index in [1.54, 1.807) is 12.2 Å². The largest absolute Gasteiger partial charge is 0.454 e. The van der Waals surface area contributed by atoms with E-state index in [1.807, 2.05) is 24.3 Å². The van der Waals surface area contributed by atoms with Crippen LogP contribution in [-0.4, -0.2) is 99.6 Å². The van der Waals surface area contributed by atoms with Gasteiger partial charge in [-0.2, -0.15) is 0 Å². The summed E-state index contributed by atoms with van der Waals surface area (Å²) in [7, 11) is 0. The summed E-state index contributed by atoms with van der Waals surface area (Å²) in [4.78, 5) is 26.3. The van der Waals surface area contributed by atoms with E-state index in [2.05, 4.69) is 50.4 Å². The number of amides is 1. The van der Waals surface area contributed by atoms with Gasteiger partial charge in [-0.1, -0.05) is 210 Å². The van der Waals surface area contributed by atoms with Gasteiger partial charge >= 0.3 is 5.97 Å². The Bertz CT molecular complexity index is 1320. The maximum atomic E-state index is 13.3. The molecule has 1 saturated heterocycles. The Balaban J connectivity index is 2.85. The fourth-order valence-corrected chi connectivity index (χ4v) is 8.04. The van der Waals surface area contributed by atoms with Crippen molar-refractivity contribution in [2.75, 3.05) is 13.2 Å². The SMILES string of the molecule is CCCCCCCC/C=C\C/C=C/CCC(=O)OC1C(OCC(NC(=O)C(O)C/C=C/C/C=C\CCCCCCCC)C(O)/C=C/CCCCCCCCCCCCC)OC(CO)C(O)C1O.